The number of amides is 1. The van der Waals surface area contributed by atoms with Gasteiger partial charge in [-0.05, 0) is 37.3 Å². The Morgan fingerprint density at radius 1 is 1.08 bits per heavy atom. The van der Waals surface area contributed by atoms with E-state index in [1.165, 1.54) is 11.3 Å². The number of carbonyl (C=O) groups excluding carboxylic acids is 1. The van der Waals surface area contributed by atoms with Gasteiger partial charge in [-0.15, -0.1) is 10.2 Å². The van der Waals surface area contributed by atoms with Crippen molar-refractivity contribution in [3.8, 4) is 10.6 Å². The number of aliphatic imine (C=N–C) groups is 1. The van der Waals surface area contributed by atoms with E-state index in [2.05, 4.69) is 36.1 Å². The maximum Gasteiger partial charge on any atom is 0.302 e. The molecule has 3 N–H and O–H groups in total. The molecular weight excluding hydrogens is 524 g/mol. The molecular formula is C26H19ClN8O2S. The molecule has 6 rings (SSSR count). The fraction of sp³-hybridized carbons (Fsp3) is 0.0769. The molecule has 0 fully saturated rings. The maximum atomic E-state index is 13.6. The fourth-order valence-electron chi connectivity index (χ4n) is 4.03. The second-order valence-corrected chi connectivity index (χ2v) is 9.67. The Morgan fingerprint density at radius 2 is 1.92 bits per heavy atom. The molecule has 10 nitrogen and oxygen atoms in total. The fourth-order valence-corrected chi connectivity index (χ4v) is 4.99. The van der Waals surface area contributed by atoms with E-state index in [0.717, 1.165) is 5.56 Å². The SMILES string of the molecule is CC1=C(C(=O)Nc2nnc(-c3cccnc3)s2)C(c2ccccc2Cl)N=C(Nc2nc3ccccc3o2)N1. The number of allylic oxidation sites excluding steroid dienone is 1. The van der Waals surface area contributed by atoms with Gasteiger partial charge >= 0.3 is 6.01 Å². The number of halogens is 1. The number of oxazole rings is 1. The molecule has 1 amide bonds. The summed E-state index contributed by atoms with van der Waals surface area (Å²) >= 11 is 7.80. The van der Waals surface area contributed by atoms with Crippen molar-refractivity contribution in [2.75, 3.05) is 10.6 Å². The number of hydrogen-bond acceptors (Lipinski definition) is 10. The van der Waals surface area contributed by atoms with Crippen LogP contribution in [0.2, 0.25) is 5.02 Å². The Hall–Kier alpha value is -4.61. The molecule has 4 heterocycles. The van der Waals surface area contributed by atoms with E-state index in [-0.39, 0.29) is 11.9 Å². The first kappa shape index (κ1) is 23.8. The van der Waals surface area contributed by atoms with Crippen LogP contribution in [0.5, 0.6) is 0 Å². The lowest BCUT2D eigenvalue weighted by Gasteiger charge is -2.26. The van der Waals surface area contributed by atoms with Crippen molar-refractivity contribution in [1.82, 2.24) is 25.5 Å². The summed E-state index contributed by atoms with van der Waals surface area (Å²) in [6.45, 7) is 1.79. The molecule has 0 saturated carbocycles. The van der Waals surface area contributed by atoms with E-state index >= 15 is 0 Å². The van der Waals surface area contributed by atoms with Gasteiger partial charge in [0.1, 0.15) is 11.6 Å². The second-order valence-electron chi connectivity index (χ2n) is 8.29. The summed E-state index contributed by atoms with van der Waals surface area (Å²) in [5.41, 5.74) is 3.81. The van der Waals surface area contributed by atoms with E-state index in [9.17, 15) is 4.79 Å². The second kappa shape index (κ2) is 10.0. The molecule has 1 aliphatic rings. The summed E-state index contributed by atoms with van der Waals surface area (Å²) in [4.78, 5) is 26.9. The number of anilines is 2. The Labute approximate surface area is 225 Å². The van der Waals surface area contributed by atoms with E-state index < -0.39 is 6.04 Å². The molecule has 0 aliphatic carbocycles. The minimum Gasteiger partial charge on any atom is -0.423 e. The van der Waals surface area contributed by atoms with Crippen LogP contribution >= 0.6 is 22.9 Å². The smallest absolute Gasteiger partial charge is 0.302 e. The summed E-state index contributed by atoms with van der Waals surface area (Å²) in [5, 5.41) is 18.9. The summed E-state index contributed by atoms with van der Waals surface area (Å²) in [6, 6.07) is 18.0. The molecule has 12 heteroatoms. The standard InChI is InChI=1S/C26H19ClN8O2S/c1-14-20(22(36)32-26-35-34-23(38-26)15-7-6-12-28-13-15)21(16-8-2-3-9-17(16)27)31-24(29-14)33-25-30-18-10-4-5-11-19(18)37-25/h2-13,21H,1H3,(H,32,35,36)(H2,29,30,31,33). The van der Waals surface area contributed by atoms with Crippen molar-refractivity contribution in [2.24, 2.45) is 4.99 Å². The predicted molar refractivity (Wildman–Crippen MR) is 147 cm³/mol. The molecule has 0 saturated heterocycles. The molecule has 1 aliphatic heterocycles. The van der Waals surface area contributed by atoms with E-state index in [1.54, 1.807) is 25.4 Å². The molecule has 2 aromatic carbocycles. The number of nitrogens with one attached hydrogen (secondary N) is 3. The third kappa shape index (κ3) is 4.72. The number of carbonyl (C=O) groups is 1. The summed E-state index contributed by atoms with van der Waals surface area (Å²) in [7, 11) is 0. The van der Waals surface area contributed by atoms with E-state index in [1.807, 2.05) is 54.6 Å². The lowest BCUT2D eigenvalue weighted by atomic mass is 9.95. The summed E-state index contributed by atoms with van der Waals surface area (Å²) in [6.07, 6.45) is 3.37. The van der Waals surface area contributed by atoms with Crippen LogP contribution in [0.3, 0.4) is 0 Å². The highest BCUT2D eigenvalue weighted by atomic mass is 35.5. The first-order valence-corrected chi connectivity index (χ1v) is 12.7. The van der Waals surface area contributed by atoms with Crippen LogP contribution in [0.4, 0.5) is 11.1 Å². The minimum absolute atomic E-state index is 0.271. The third-order valence-electron chi connectivity index (χ3n) is 5.76. The van der Waals surface area contributed by atoms with Crippen LogP contribution in [0.15, 0.2) is 93.7 Å². The lowest BCUT2D eigenvalue weighted by Crippen LogP contribution is -2.37. The van der Waals surface area contributed by atoms with Crippen LogP contribution < -0.4 is 16.0 Å². The van der Waals surface area contributed by atoms with Gasteiger partial charge in [-0.3, -0.25) is 20.4 Å². The zero-order chi connectivity index (χ0) is 26.1. The number of benzene rings is 2. The van der Waals surface area contributed by atoms with Gasteiger partial charge in [0.25, 0.3) is 5.91 Å². The van der Waals surface area contributed by atoms with Crippen molar-refractivity contribution in [1.29, 1.82) is 0 Å². The van der Waals surface area contributed by atoms with Gasteiger partial charge in [-0.1, -0.05) is 53.3 Å². The molecule has 38 heavy (non-hydrogen) atoms. The number of guanidine groups is 1. The van der Waals surface area contributed by atoms with Crippen LogP contribution in [-0.4, -0.2) is 32.0 Å². The van der Waals surface area contributed by atoms with Crippen LogP contribution in [-0.2, 0) is 4.79 Å². The van der Waals surface area contributed by atoms with Gasteiger partial charge < -0.3 is 9.73 Å². The Kier molecular flexibility index (Phi) is 6.28. The number of para-hydroxylation sites is 2. The van der Waals surface area contributed by atoms with Gasteiger partial charge in [-0.25, -0.2) is 4.99 Å². The molecule has 0 spiro atoms. The lowest BCUT2D eigenvalue weighted by molar-refractivity contribution is -0.113. The first-order chi connectivity index (χ1) is 18.5. The highest BCUT2D eigenvalue weighted by Crippen LogP contribution is 2.36. The molecule has 1 atom stereocenters. The van der Waals surface area contributed by atoms with E-state index in [4.69, 9.17) is 21.0 Å². The highest BCUT2D eigenvalue weighted by Gasteiger charge is 2.31. The Bertz CT molecular complexity index is 1680. The summed E-state index contributed by atoms with van der Waals surface area (Å²) in [5.74, 6) is -0.0104. The van der Waals surface area contributed by atoms with Crippen LogP contribution in [0.25, 0.3) is 21.7 Å². The van der Waals surface area contributed by atoms with Crippen LogP contribution in [0.1, 0.15) is 18.5 Å². The van der Waals surface area contributed by atoms with Gasteiger partial charge in [0, 0.05) is 34.2 Å². The normalized spacial score (nSPS) is 15.2. The number of hydrogen-bond donors (Lipinski definition) is 3. The number of fused-ring (bicyclic) bond motifs is 1. The Morgan fingerprint density at radius 3 is 2.74 bits per heavy atom. The Balaban J connectivity index is 1.30. The average Bonchev–Trinajstić information content (AvgIpc) is 3.55. The quantitative estimate of drug-likeness (QED) is 0.268. The third-order valence-corrected chi connectivity index (χ3v) is 6.99. The zero-order valence-electron chi connectivity index (χ0n) is 19.8. The molecule has 0 bridgehead atoms. The van der Waals surface area contributed by atoms with Crippen molar-refractivity contribution < 1.29 is 9.21 Å². The van der Waals surface area contributed by atoms with Gasteiger partial charge in [0.05, 0.1) is 5.57 Å². The van der Waals surface area contributed by atoms with E-state index in [0.29, 0.717) is 49.1 Å². The van der Waals surface area contributed by atoms with Gasteiger partial charge in [-0.2, -0.15) is 4.98 Å². The topological polar surface area (TPSA) is 130 Å². The molecule has 3 aromatic heterocycles. The first-order valence-electron chi connectivity index (χ1n) is 11.5. The van der Waals surface area contributed by atoms with Crippen molar-refractivity contribution in [3.63, 3.8) is 0 Å². The number of nitrogens with zero attached hydrogens (tertiary/aromatic N) is 5. The van der Waals surface area contributed by atoms with Gasteiger partial charge in [0.15, 0.2) is 10.6 Å². The van der Waals surface area contributed by atoms with Crippen molar-refractivity contribution in [2.45, 2.75) is 13.0 Å². The van der Waals surface area contributed by atoms with Crippen molar-refractivity contribution in [3.05, 3.63) is 94.9 Å². The number of pyridine rings is 1. The predicted octanol–water partition coefficient (Wildman–Crippen LogP) is 5.42. The number of aromatic nitrogens is 4. The molecule has 0 radical (unpaired) electrons. The highest BCUT2D eigenvalue weighted by molar-refractivity contribution is 7.18. The van der Waals surface area contributed by atoms with Crippen molar-refractivity contribution >= 4 is 57.1 Å². The molecule has 188 valence electrons. The zero-order valence-corrected chi connectivity index (χ0v) is 21.4. The van der Waals surface area contributed by atoms with Gasteiger partial charge in [0.2, 0.25) is 11.1 Å². The van der Waals surface area contributed by atoms with Crippen LogP contribution in [0, 0.1) is 0 Å². The molecule has 5 aromatic rings. The average molecular weight is 543 g/mol. The largest absolute Gasteiger partial charge is 0.423 e. The summed E-state index contributed by atoms with van der Waals surface area (Å²) < 4.78 is 5.78. The number of rotatable bonds is 5. The molecule has 1 unspecified atom stereocenters. The monoisotopic (exact) mass is 542 g/mol. The maximum absolute atomic E-state index is 13.6. The minimum atomic E-state index is -0.706.